The molecular formula is C59H121N2O6P. The summed E-state index contributed by atoms with van der Waals surface area (Å²) in [7, 11) is 1.32. The highest BCUT2D eigenvalue weighted by Gasteiger charge is 2.24. The SMILES string of the molecule is CCCCCCCCCCCCCCCCCCCCCCCCCCCCCCCCCCCC(=O)N[C@@H](COP(=O)([O-])OCC[N+](C)(C)C)[C@H](O)CCCCCCCCCCCCCCC. The van der Waals surface area contributed by atoms with E-state index in [1.165, 1.54) is 257 Å². The van der Waals surface area contributed by atoms with Gasteiger partial charge in [0.15, 0.2) is 0 Å². The van der Waals surface area contributed by atoms with E-state index in [-0.39, 0.29) is 19.1 Å². The highest BCUT2D eigenvalue weighted by atomic mass is 31.2. The van der Waals surface area contributed by atoms with Crippen molar-refractivity contribution in [3.8, 4) is 0 Å². The lowest BCUT2D eigenvalue weighted by Gasteiger charge is -2.30. The van der Waals surface area contributed by atoms with E-state index < -0.39 is 20.0 Å². The normalized spacial score (nSPS) is 13.8. The third-order valence-electron chi connectivity index (χ3n) is 14.3. The summed E-state index contributed by atoms with van der Waals surface area (Å²) >= 11 is 0. The van der Waals surface area contributed by atoms with Crippen molar-refractivity contribution in [1.82, 2.24) is 5.32 Å². The Kier molecular flexibility index (Phi) is 51.0. The molecule has 0 aromatic heterocycles. The zero-order valence-electron chi connectivity index (χ0n) is 46.6. The molecule has 9 heteroatoms. The molecule has 8 nitrogen and oxygen atoms in total. The largest absolute Gasteiger partial charge is 0.756 e. The molecule has 0 saturated carbocycles. The number of hydrogen-bond acceptors (Lipinski definition) is 6. The first-order valence-corrected chi connectivity index (χ1v) is 31.8. The minimum absolute atomic E-state index is 0.0164. The number of aliphatic hydroxyl groups excluding tert-OH is 1. The number of carbonyl (C=O) groups excluding carboxylic acids is 1. The van der Waals surface area contributed by atoms with Gasteiger partial charge in [-0.15, -0.1) is 0 Å². The molecule has 0 saturated heterocycles. The predicted octanol–water partition coefficient (Wildman–Crippen LogP) is 17.8. The number of quaternary nitrogens is 1. The van der Waals surface area contributed by atoms with Crippen LogP contribution in [-0.2, 0) is 18.4 Å². The van der Waals surface area contributed by atoms with E-state index >= 15 is 0 Å². The number of nitrogens with zero attached hydrogens (tertiary/aromatic N) is 1. The number of phosphoric acid groups is 1. The number of phosphoric ester groups is 1. The fourth-order valence-electron chi connectivity index (χ4n) is 9.57. The molecule has 1 unspecified atom stereocenters. The van der Waals surface area contributed by atoms with Crippen LogP contribution in [0.4, 0.5) is 0 Å². The second kappa shape index (κ2) is 51.4. The molecule has 68 heavy (non-hydrogen) atoms. The maximum atomic E-state index is 13.0. The van der Waals surface area contributed by atoms with Gasteiger partial charge in [0.05, 0.1) is 39.9 Å². The van der Waals surface area contributed by atoms with Crippen molar-refractivity contribution in [3.05, 3.63) is 0 Å². The standard InChI is InChI=1S/C59H121N2O6P/c1-6-8-10-12-14-16-18-20-21-22-23-24-25-26-27-28-29-30-31-32-33-34-35-36-37-38-39-41-43-45-47-49-51-53-59(63)60-57(56-67-68(64,65)66-55-54-61(3,4)5)58(62)52-50-48-46-44-42-40-19-17-15-13-11-9-7-2/h57-58,62H,6-56H2,1-5H3,(H-,60,63,64,65)/t57-,58+/m0/s1. The van der Waals surface area contributed by atoms with Crippen LogP contribution in [-0.4, -0.2) is 68.5 Å². The van der Waals surface area contributed by atoms with Crippen molar-refractivity contribution in [2.45, 2.75) is 334 Å². The van der Waals surface area contributed by atoms with Gasteiger partial charge in [-0.05, 0) is 12.8 Å². The molecule has 0 radical (unpaired) electrons. The number of likely N-dealkylation sites (N-methyl/N-ethyl adjacent to an activating group) is 1. The molecule has 0 fully saturated rings. The second-order valence-corrected chi connectivity index (χ2v) is 23.8. The molecule has 0 aliphatic carbocycles. The summed E-state index contributed by atoms with van der Waals surface area (Å²) in [6.07, 6.45) is 61.6. The summed E-state index contributed by atoms with van der Waals surface area (Å²) < 4.78 is 23.4. The molecule has 0 spiro atoms. The van der Waals surface area contributed by atoms with E-state index in [2.05, 4.69) is 19.2 Å². The third-order valence-corrected chi connectivity index (χ3v) is 15.3. The van der Waals surface area contributed by atoms with Crippen molar-refractivity contribution in [2.24, 2.45) is 0 Å². The lowest BCUT2D eigenvalue weighted by atomic mass is 10.0. The Morgan fingerprint density at radius 3 is 1.00 bits per heavy atom. The van der Waals surface area contributed by atoms with Gasteiger partial charge < -0.3 is 28.8 Å². The van der Waals surface area contributed by atoms with Crippen LogP contribution >= 0.6 is 7.82 Å². The van der Waals surface area contributed by atoms with Gasteiger partial charge >= 0.3 is 0 Å². The third kappa shape index (κ3) is 53.3. The van der Waals surface area contributed by atoms with Gasteiger partial charge in [0, 0.05) is 6.42 Å². The molecule has 0 aliphatic rings. The summed E-state index contributed by atoms with van der Waals surface area (Å²) in [6.45, 7) is 4.77. The number of unbranched alkanes of at least 4 members (excludes halogenated alkanes) is 44. The van der Waals surface area contributed by atoms with Crippen molar-refractivity contribution < 1.29 is 32.9 Å². The quantitative estimate of drug-likeness (QED) is 0.0357. The first-order chi connectivity index (χ1) is 33.0. The van der Waals surface area contributed by atoms with E-state index in [1.54, 1.807) is 0 Å². The van der Waals surface area contributed by atoms with E-state index in [4.69, 9.17) is 9.05 Å². The lowest BCUT2D eigenvalue weighted by Crippen LogP contribution is -2.46. The minimum Gasteiger partial charge on any atom is -0.756 e. The van der Waals surface area contributed by atoms with E-state index in [0.717, 1.165) is 38.5 Å². The average Bonchev–Trinajstić information content (AvgIpc) is 3.30. The van der Waals surface area contributed by atoms with Crippen molar-refractivity contribution in [1.29, 1.82) is 0 Å². The number of carbonyl (C=O) groups is 1. The Balaban J connectivity index is 3.90. The molecule has 0 heterocycles. The molecule has 408 valence electrons. The van der Waals surface area contributed by atoms with Crippen LogP contribution in [0.5, 0.6) is 0 Å². The molecule has 3 atom stereocenters. The molecule has 0 aromatic carbocycles. The summed E-state index contributed by atoms with van der Waals surface area (Å²) in [5.74, 6) is -0.157. The molecular weight excluding hydrogens is 864 g/mol. The molecule has 0 aromatic rings. The topological polar surface area (TPSA) is 108 Å². The molecule has 2 N–H and O–H groups in total. The number of nitrogens with one attached hydrogen (secondary N) is 1. The van der Waals surface area contributed by atoms with Crippen LogP contribution in [0.2, 0.25) is 0 Å². The fourth-order valence-corrected chi connectivity index (χ4v) is 10.3. The first-order valence-electron chi connectivity index (χ1n) is 30.4. The summed E-state index contributed by atoms with van der Waals surface area (Å²) in [4.78, 5) is 25.5. The maximum absolute atomic E-state index is 13.0. The number of rotatable bonds is 57. The van der Waals surface area contributed by atoms with E-state index in [9.17, 15) is 19.4 Å². The van der Waals surface area contributed by atoms with Crippen LogP contribution in [0, 0.1) is 0 Å². The number of hydrogen-bond donors (Lipinski definition) is 2. The van der Waals surface area contributed by atoms with Crippen molar-refractivity contribution >= 4 is 13.7 Å². The average molecular weight is 986 g/mol. The second-order valence-electron chi connectivity index (χ2n) is 22.4. The highest BCUT2D eigenvalue weighted by Crippen LogP contribution is 2.38. The van der Waals surface area contributed by atoms with Crippen LogP contribution in [0.15, 0.2) is 0 Å². The van der Waals surface area contributed by atoms with Gasteiger partial charge in [0.2, 0.25) is 5.91 Å². The van der Waals surface area contributed by atoms with Crippen LogP contribution in [0.3, 0.4) is 0 Å². The summed E-state index contributed by atoms with van der Waals surface area (Å²) in [5, 5.41) is 14.0. The lowest BCUT2D eigenvalue weighted by molar-refractivity contribution is -0.870. The summed E-state index contributed by atoms with van der Waals surface area (Å²) in [6, 6.07) is -0.794. The Hall–Kier alpha value is -0.500. The molecule has 0 aliphatic heterocycles. The van der Waals surface area contributed by atoms with Crippen molar-refractivity contribution in [3.63, 3.8) is 0 Å². The van der Waals surface area contributed by atoms with Crippen LogP contribution in [0.1, 0.15) is 322 Å². The van der Waals surface area contributed by atoms with Gasteiger partial charge in [0.1, 0.15) is 13.2 Å². The first kappa shape index (κ1) is 67.5. The van der Waals surface area contributed by atoms with Gasteiger partial charge in [0.25, 0.3) is 7.82 Å². The smallest absolute Gasteiger partial charge is 0.268 e. The maximum Gasteiger partial charge on any atom is 0.268 e. The van der Waals surface area contributed by atoms with Gasteiger partial charge in [-0.3, -0.25) is 9.36 Å². The molecule has 0 bridgehead atoms. The predicted molar refractivity (Wildman–Crippen MR) is 293 cm³/mol. The molecule has 0 rings (SSSR count). The van der Waals surface area contributed by atoms with Gasteiger partial charge in [-0.25, -0.2) is 0 Å². The Morgan fingerprint density at radius 2 is 0.721 bits per heavy atom. The highest BCUT2D eigenvalue weighted by molar-refractivity contribution is 7.45. The number of amides is 1. The van der Waals surface area contributed by atoms with Gasteiger partial charge in [-0.1, -0.05) is 303 Å². The van der Waals surface area contributed by atoms with E-state index in [0.29, 0.717) is 23.9 Å². The Labute approximate surface area is 425 Å². The number of aliphatic hydroxyl groups is 1. The zero-order valence-corrected chi connectivity index (χ0v) is 47.5. The molecule has 1 amide bonds. The van der Waals surface area contributed by atoms with E-state index in [1.807, 2.05) is 21.1 Å². The van der Waals surface area contributed by atoms with Crippen LogP contribution < -0.4 is 10.2 Å². The van der Waals surface area contributed by atoms with Crippen LogP contribution in [0.25, 0.3) is 0 Å². The monoisotopic (exact) mass is 985 g/mol. The minimum atomic E-state index is -4.56. The Morgan fingerprint density at radius 1 is 0.456 bits per heavy atom. The fraction of sp³-hybridized carbons (Fsp3) is 0.983. The Bertz CT molecular complexity index is 1070. The van der Waals surface area contributed by atoms with Crippen molar-refractivity contribution in [2.75, 3.05) is 40.9 Å². The zero-order chi connectivity index (χ0) is 49.9. The summed E-state index contributed by atoms with van der Waals surface area (Å²) in [5.41, 5.74) is 0. The van der Waals surface area contributed by atoms with Gasteiger partial charge in [-0.2, -0.15) is 0 Å².